The van der Waals surface area contributed by atoms with E-state index < -0.39 is 0 Å². The van der Waals surface area contributed by atoms with Crippen LogP contribution in [0.25, 0.3) is 0 Å². The highest BCUT2D eigenvalue weighted by molar-refractivity contribution is 8.13. The molecule has 0 spiro atoms. The van der Waals surface area contributed by atoms with Crippen molar-refractivity contribution in [1.82, 2.24) is 5.32 Å². The van der Waals surface area contributed by atoms with Crippen LogP contribution < -0.4 is 5.32 Å². The molecule has 0 fully saturated rings. The predicted molar refractivity (Wildman–Crippen MR) is 66.0 cm³/mol. The van der Waals surface area contributed by atoms with Gasteiger partial charge < -0.3 is 5.32 Å². The first kappa shape index (κ1) is 11.9. The highest BCUT2D eigenvalue weighted by Crippen LogP contribution is 2.14. The Kier molecular flexibility index (Phi) is 5.38. The lowest BCUT2D eigenvalue weighted by molar-refractivity contribution is 0.449. The molecule has 1 N–H and O–H groups in total. The molecule has 0 bridgehead atoms. The Bertz CT molecular complexity index is 192. The van der Waals surface area contributed by atoms with Gasteiger partial charge in [-0.05, 0) is 25.7 Å². The van der Waals surface area contributed by atoms with E-state index in [2.05, 4.69) is 31.1 Å². The zero-order valence-corrected chi connectivity index (χ0v) is 10.4. The molecule has 82 valence electrons. The van der Waals surface area contributed by atoms with Gasteiger partial charge in [0.05, 0.1) is 0 Å². The average molecular weight is 214 g/mol. The molecule has 0 saturated carbocycles. The SMILES string of the molecule is CCC(C)CC(C)NC1=NCCCS1. The lowest BCUT2D eigenvalue weighted by Gasteiger charge is -2.21. The fourth-order valence-corrected chi connectivity index (χ4v) is 2.52. The summed E-state index contributed by atoms with van der Waals surface area (Å²) >= 11 is 1.87. The van der Waals surface area contributed by atoms with Gasteiger partial charge in [-0.1, -0.05) is 32.0 Å². The van der Waals surface area contributed by atoms with Crippen LogP contribution in [0.5, 0.6) is 0 Å². The molecule has 0 aromatic heterocycles. The van der Waals surface area contributed by atoms with Crippen molar-refractivity contribution in [2.24, 2.45) is 10.9 Å². The second kappa shape index (κ2) is 6.33. The minimum atomic E-state index is 0.564. The van der Waals surface area contributed by atoms with Crippen LogP contribution in [0.1, 0.15) is 40.0 Å². The van der Waals surface area contributed by atoms with Crippen molar-refractivity contribution in [2.45, 2.75) is 46.1 Å². The average Bonchev–Trinajstić information content (AvgIpc) is 2.19. The molecular weight excluding hydrogens is 192 g/mol. The van der Waals surface area contributed by atoms with Crippen LogP contribution in [0, 0.1) is 5.92 Å². The van der Waals surface area contributed by atoms with Gasteiger partial charge in [-0.2, -0.15) is 0 Å². The summed E-state index contributed by atoms with van der Waals surface area (Å²) in [4.78, 5) is 4.47. The van der Waals surface area contributed by atoms with E-state index in [1.54, 1.807) is 0 Å². The van der Waals surface area contributed by atoms with Crippen molar-refractivity contribution in [3.05, 3.63) is 0 Å². The first-order valence-corrected chi connectivity index (χ1v) is 6.64. The van der Waals surface area contributed by atoms with E-state index in [0.717, 1.165) is 17.6 Å². The normalized spacial score (nSPS) is 21.2. The number of rotatable bonds is 4. The molecule has 0 saturated heterocycles. The van der Waals surface area contributed by atoms with Crippen molar-refractivity contribution in [3.8, 4) is 0 Å². The third-order valence-corrected chi connectivity index (χ3v) is 3.63. The Morgan fingerprint density at radius 2 is 2.29 bits per heavy atom. The molecule has 2 nitrogen and oxygen atoms in total. The van der Waals surface area contributed by atoms with Gasteiger partial charge >= 0.3 is 0 Å². The number of aliphatic imine (C=N–C) groups is 1. The molecular formula is C11H22N2S. The van der Waals surface area contributed by atoms with Gasteiger partial charge in [0.1, 0.15) is 0 Å². The standard InChI is InChI=1S/C11H22N2S/c1-4-9(2)8-10(3)13-11-12-6-5-7-14-11/h9-10H,4-8H2,1-3H3,(H,12,13). The maximum Gasteiger partial charge on any atom is 0.156 e. The maximum absolute atomic E-state index is 4.47. The molecule has 0 aromatic carbocycles. The number of amidine groups is 1. The molecule has 14 heavy (non-hydrogen) atoms. The third-order valence-electron chi connectivity index (χ3n) is 2.62. The van der Waals surface area contributed by atoms with E-state index in [4.69, 9.17) is 0 Å². The summed E-state index contributed by atoms with van der Waals surface area (Å²) in [5, 5.41) is 4.66. The van der Waals surface area contributed by atoms with Crippen LogP contribution in [-0.4, -0.2) is 23.5 Å². The largest absolute Gasteiger partial charge is 0.362 e. The van der Waals surface area contributed by atoms with Crippen molar-refractivity contribution in [1.29, 1.82) is 0 Å². The summed E-state index contributed by atoms with van der Waals surface area (Å²) in [5.41, 5.74) is 0. The Morgan fingerprint density at radius 3 is 2.86 bits per heavy atom. The highest BCUT2D eigenvalue weighted by atomic mass is 32.2. The van der Waals surface area contributed by atoms with Gasteiger partial charge in [-0.25, -0.2) is 0 Å². The van der Waals surface area contributed by atoms with Crippen LogP contribution in [0.2, 0.25) is 0 Å². The maximum atomic E-state index is 4.47. The molecule has 1 aliphatic rings. The van der Waals surface area contributed by atoms with Crippen LogP contribution >= 0.6 is 11.8 Å². The van der Waals surface area contributed by atoms with E-state index in [1.165, 1.54) is 25.0 Å². The summed E-state index contributed by atoms with van der Waals surface area (Å²) in [7, 11) is 0. The van der Waals surface area contributed by atoms with Gasteiger partial charge in [0, 0.05) is 18.3 Å². The third kappa shape index (κ3) is 4.36. The molecule has 2 atom stereocenters. The Hall–Kier alpha value is -0.180. The summed E-state index contributed by atoms with van der Waals surface area (Å²) < 4.78 is 0. The van der Waals surface area contributed by atoms with Crippen molar-refractivity contribution >= 4 is 16.9 Å². The van der Waals surface area contributed by atoms with E-state index in [0.29, 0.717) is 6.04 Å². The molecule has 0 radical (unpaired) electrons. The first-order chi connectivity index (χ1) is 6.72. The smallest absolute Gasteiger partial charge is 0.156 e. The Balaban J connectivity index is 2.25. The van der Waals surface area contributed by atoms with Gasteiger partial charge in [-0.15, -0.1) is 0 Å². The molecule has 2 unspecified atom stereocenters. The van der Waals surface area contributed by atoms with Crippen LogP contribution in [0.15, 0.2) is 4.99 Å². The predicted octanol–water partition coefficient (Wildman–Crippen LogP) is 2.89. The quantitative estimate of drug-likeness (QED) is 0.778. The number of nitrogens with zero attached hydrogens (tertiary/aromatic N) is 1. The van der Waals surface area contributed by atoms with E-state index in [-0.39, 0.29) is 0 Å². The monoisotopic (exact) mass is 214 g/mol. The Morgan fingerprint density at radius 1 is 1.50 bits per heavy atom. The molecule has 0 amide bonds. The van der Waals surface area contributed by atoms with Crippen molar-refractivity contribution < 1.29 is 0 Å². The van der Waals surface area contributed by atoms with Gasteiger partial charge in [0.25, 0.3) is 0 Å². The zero-order chi connectivity index (χ0) is 10.4. The van der Waals surface area contributed by atoms with E-state index in [9.17, 15) is 0 Å². The first-order valence-electron chi connectivity index (χ1n) is 5.66. The summed E-state index contributed by atoms with van der Waals surface area (Å²) in [6.45, 7) is 7.83. The molecule has 3 heteroatoms. The van der Waals surface area contributed by atoms with Gasteiger partial charge in [0.15, 0.2) is 5.17 Å². The minimum Gasteiger partial charge on any atom is -0.362 e. The number of hydrogen-bond acceptors (Lipinski definition) is 3. The number of nitrogens with one attached hydrogen (secondary N) is 1. The topological polar surface area (TPSA) is 24.4 Å². The van der Waals surface area contributed by atoms with Crippen LogP contribution in [0.3, 0.4) is 0 Å². The van der Waals surface area contributed by atoms with E-state index in [1.807, 2.05) is 11.8 Å². The summed E-state index contributed by atoms with van der Waals surface area (Å²) in [6, 6.07) is 0.564. The van der Waals surface area contributed by atoms with Crippen molar-refractivity contribution in [3.63, 3.8) is 0 Å². The zero-order valence-electron chi connectivity index (χ0n) is 9.55. The lowest BCUT2D eigenvalue weighted by atomic mass is 10.0. The number of thioether (sulfide) groups is 1. The van der Waals surface area contributed by atoms with Crippen LogP contribution in [-0.2, 0) is 0 Å². The lowest BCUT2D eigenvalue weighted by Crippen LogP contribution is -2.33. The van der Waals surface area contributed by atoms with E-state index >= 15 is 0 Å². The molecule has 1 heterocycles. The number of hydrogen-bond donors (Lipinski definition) is 1. The highest BCUT2D eigenvalue weighted by Gasteiger charge is 2.11. The second-order valence-electron chi connectivity index (χ2n) is 4.18. The Labute approximate surface area is 92.0 Å². The van der Waals surface area contributed by atoms with Crippen LogP contribution in [0.4, 0.5) is 0 Å². The minimum absolute atomic E-state index is 0.564. The van der Waals surface area contributed by atoms with Crippen molar-refractivity contribution in [2.75, 3.05) is 12.3 Å². The summed E-state index contributed by atoms with van der Waals surface area (Å²) in [6.07, 6.45) is 3.75. The molecule has 1 aliphatic heterocycles. The molecule has 1 rings (SSSR count). The fourth-order valence-electron chi connectivity index (χ4n) is 1.59. The molecule has 0 aromatic rings. The molecule has 0 aliphatic carbocycles. The summed E-state index contributed by atoms with van der Waals surface area (Å²) in [5.74, 6) is 2.04. The second-order valence-corrected chi connectivity index (χ2v) is 5.27. The fraction of sp³-hybridized carbons (Fsp3) is 0.909. The van der Waals surface area contributed by atoms with Gasteiger partial charge in [-0.3, -0.25) is 4.99 Å². The van der Waals surface area contributed by atoms with Gasteiger partial charge in [0.2, 0.25) is 0 Å².